The topological polar surface area (TPSA) is 95.6 Å². The number of rotatable bonds is 5. The molecular formula is C22H14B4ClF2N3O4. The van der Waals surface area contributed by atoms with E-state index in [1.165, 1.54) is 24.3 Å². The number of piperidine rings is 1. The summed E-state index contributed by atoms with van der Waals surface area (Å²) in [6.07, 6.45) is 0.0605. The third-order valence-corrected chi connectivity index (χ3v) is 6.40. The van der Waals surface area contributed by atoms with Crippen molar-refractivity contribution in [2.75, 3.05) is 0 Å². The number of imide groups is 1. The molecule has 2 heterocycles. The van der Waals surface area contributed by atoms with Crippen molar-refractivity contribution in [2.24, 2.45) is 0 Å². The van der Waals surface area contributed by atoms with E-state index in [0.717, 1.165) is 17.0 Å². The number of nitrogens with zero attached hydrogens (tertiary/aromatic N) is 1. The minimum Gasteiger partial charge on any atom is -0.358 e. The lowest BCUT2D eigenvalue weighted by Gasteiger charge is -2.35. The van der Waals surface area contributed by atoms with Crippen molar-refractivity contribution in [3.05, 3.63) is 63.7 Å². The molecule has 2 unspecified atom stereocenters. The van der Waals surface area contributed by atoms with Crippen molar-refractivity contribution < 1.29 is 28.0 Å². The van der Waals surface area contributed by atoms with Crippen LogP contribution >= 0.6 is 11.6 Å². The number of hydrogen-bond acceptors (Lipinski definition) is 4. The molecule has 2 aromatic carbocycles. The van der Waals surface area contributed by atoms with Gasteiger partial charge in [0.25, 0.3) is 11.8 Å². The van der Waals surface area contributed by atoms with Crippen molar-refractivity contribution in [3.8, 4) is 0 Å². The summed E-state index contributed by atoms with van der Waals surface area (Å²) in [6.45, 7) is 0. The van der Waals surface area contributed by atoms with Gasteiger partial charge >= 0.3 is 5.92 Å². The Morgan fingerprint density at radius 1 is 1.11 bits per heavy atom. The smallest absolute Gasteiger partial charge is 0.349 e. The van der Waals surface area contributed by atoms with Gasteiger partial charge in [-0.2, -0.15) is 8.78 Å². The second-order valence-electron chi connectivity index (χ2n) is 8.52. The quantitative estimate of drug-likeness (QED) is 0.443. The molecule has 14 heteroatoms. The predicted octanol–water partition coefficient (Wildman–Crippen LogP) is -0.0826. The highest BCUT2D eigenvalue weighted by Gasteiger charge is 2.46. The molecule has 4 rings (SSSR count). The molecule has 1 fully saturated rings. The third kappa shape index (κ3) is 4.34. The van der Waals surface area contributed by atoms with Gasteiger partial charge in [0.2, 0.25) is 11.8 Å². The SMILES string of the molecule is [B]c1c(C([B])([B])NC(=O)C(F)(F)c2ccc(Cl)cc2)ccc2c1C([B])N(C1CCC(=O)NC1=O)C2=O. The van der Waals surface area contributed by atoms with E-state index >= 15 is 0 Å². The molecule has 2 N–H and O–H groups in total. The van der Waals surface area contributed by atoms with E-state index in [1.54, 1.807) is 0 Å². The van der Waals surface area contributed by atoms with Gasteiger partial charge in [-0.15, -0.1) is 0 Å². The van der Waals surface area contributed by atoms with Gasteiger partial charge in [0.15, 0.2) is 0 Å². The molecule has 8 radical (unpaired) electrons. The number of carbonyl (C=O) groups excluding carboxylic acids is 4. The molecule has 2 atom stereocenters. The van der Waals surface area contributed by atoms with E-state index in [0.29, 0.717) is 0 Å². The first-order valence-corrected chi connectivity index (χ1v) is 11.0. The fraction of sp³-hybridized carbons (Fsp3) is 0.273. The van der Waals surface area contributed by atoms with Crippen molar-refractivity contribution in [3.63, 3.8) is 0 Å². The summed E-state index contributed by atoms with van der Waals surface area (Å²) >= 11 is 5.71. The monoisotopic (exact) mass is 501 g/mol. The van der Waals surface area contributed by atoms with Crippen LogP contribution in [0.4, 0.5) is 8.78 Å². The highest BCUT2D eigenvalue weighted by atomic mass is 35.5. The van der Waals surface area contributed by atoms with Gasteiger partial charge in [0.05, 0.1) is 15.7 Å². The zero-order chi connectivity index (χ0) is 26.6. The Labute approximate surface area is 215 Å². The van der Waals surface area contributed by atoms with Gasteiger partial charge in [-0.3, -0.25) is 24.5 Å². The number of alkyl halides is 2. The van der Waals surface area contributed by atoms with Crippen LogP contribution in [0.1, 0.15) is 45.8 Å². The Kier molecular flexibility index (Phi) is 6.58. The van der Waals surface area contributed by atoms with Gasteiger partial charge in [0, 0.05) is 28.5 Å². The number of benzene rings is 2. The van der Waals surface area contributed by atoms with Crippen LogP contribution in [-0.2, 0) is 25.6 Å². The van der Waals surface area contributed by atoms with E-state index < -0.39 is 52.4 Å². The van der Waals surface area contributed by atoms with E-state index in [2.05, 4.69) is 5.32 Å². The minimum atomic E-state index is -4.02. The Balaban J connectivity index is 1.63. The molecule has 36 heavy (non-hydrogen) atoms. The fourth-order valence-corrected chi connectivity index (χ4v) is 4.44. The molecule has 0 aromatic heterocycles. The van der Waals surface area contributed by atoms with Crippen LogP contribution in [-0.4, -0.2) is 66.0 Å². The maximum absolute atomic E-state index is 14.8. The molecule has 0 aliphatic carbocycles. The fourth-order valence-electron chi connectivity index (χ4n) is 4.31. The summed E-state index contributed by atoms with van der Waals surface area (Å²) in [7, 11) is 24.4. The molecule has 0 saturated carbocycles. The maximum atomic E-state index is 14.8. The molecule has 7 nitrogen and oxygen atoms in total. The van der Waals surface area contributed by atoms with Gasteiger partial charge in [-0.1, -0.05) is 35.3 Å². The van der Waals surface area contributed by atoms with E-state index in [9.17, 15) is 28.0 Å². The van der Waals surface area contributed by atoms with Crippen molar-refractivity contribution in [2.45, 2.75) is 36.1 Å². The van der Waals surface area contributed by atoms with Gasteiger partial charge < -0.3 is 10.2 Å². The summed E-state index contributed by atoms with van der Waals surface area (Å²) in [4.78, 5) is 50.4. The van der Waals surface area contributed by atoms with Crippen molar-refractivity contribution >= 4 is 72.1 Å². The number of nitrogens with one attached hydrogen (secondary N) is 2. The molecular weight excluding hydrogens is 487 g/mol. The average molecular weight is 501 g/mol. The molecule has 174 valence electrons. The first-order valence-electron chi connectivity index (χ1n) is 10.6. The number of fused-ring (bicyclic) bond motifs is 1. The van der Waals surface area contributed by atoms with Crippen LogP contribution < -0.4 is 16.1 Å². The highest BCUT2D eigenvalue weighted by Crippen LogP contribution is 2.36. The van der Waals surface area contributed by atoms with Gasteiger partial charge in [0.1, 0.15) is 21.7 Å². The van der Waals surface area contributed by atoms with Crippen molar-refractivity contribution in [1.82, 2.24) is 15.5 Å². The largest absolute Gasteiger partial charge is 0.358 e. The number of amides is 4. The lowest BCUT2D eigenvalue weighted by atomic mass is 9.54. The zero-order valence-electron chi connectivity index (χ0n) is 18.6. The number of halogens is 3. The second-order valence-corrected chi connectivity index (χ2v) is 8.95. The maximum Gasteiger partial charge on any atom is 0.349 e. The molecule has 0 bridgehead atoms. The van der Waals surface area contributed by atoms with Crippen molar-refractivity contribution in [1.29, 1.82) is 0 Å². The lowest BCUT2D eigenvalue weighted by molar-refractivity contribution is -0.147. The van der Waals surface area contributed by atoms with Gasteiger partial charge in [-0.05, 0) is 41.1 Å². The van der Waals surface area contributed by atoms with E-state index in [1.807, 2.05) is 5.32 Å². The first kappa shape index (κ1) is 26.0. The summed E-state index contributed by atoms with van der Waals surface area (Å²) in [5, 5.41) is 1.84. The summed E-state index contributed by atoms with van der Waals surface area (Å²) in [5.74, 6) is -8.83. The van der Waals surface area contributed by atoms with Gasteiger partial charge in [-0.25, -0.2) is 0 Å². The van der Waals surface area contributed by atoms with Crippen LogP contribution in [0, 0.1) is 0 Å². The van der Waals surface area contributed by atoms with E-state index in [4.69, 9.17) is 43.0 Å². The average Bonchev–Trinajstić information content (AvgIpc) is 3.04. The molecule has 2 aliphatic rings. The molecule has 0 spiro atoms. The Hall–Kier alpha value is -3.07. The standard InChI is InChI=1S/C22H14B4ClF2N3O4/c23-16-12(22(25,26)31-20(36)21(28,29)9-1-3-10(27)4-2-9)6-5-11-15(16)17(24)32(19(11)35)13-7-8-14(33)30-18(13)34/h1-6,13,17H,7-8H2,(H,31,36)(H,30,33,34). The third-order valence-electron chi connectivity index (χ3n) is 6.15. The zero-order valence-corrected chi connectivity index (χ0v) is 19.3. The molecule has 1 saturated heterocycles. The summed E-state index contributed by atoms with van der Waals surface area (Å²) < 4.78 is 29.5. The first-order chi connectivity index (χ1) is 16.8. The normalized spacial score (nSPS) is 20.2. The summed E-state index contributed by atoms with van der Waals surface area (Å²) in [6, 6.07) is 5.80. The second kappa shape index (κ2) is 9.10. The number of carbonyl (C=O) groups is 4. The van der Waals surface area contributed by atoms with E-state index in [-0.39, 0.29) is 40.0 Å². The Morgan fingerprint density at radius 3 is 2.36 bits per heavy atom. The van der Waals surface area contributed by atoms with Crippen LogP contribution in [0.5, 0.6) is 0 Å². The number of hydrogen-bond donors (Lipinski definition) is 2. The lowest BCUT2D eigenvalue weighted by Crippen LogP contribution is -2.54. The highest BCUT2D eigenvalue weighted by molar-refractivity contribution is 6.45. The van der Waals surface area contributed by atoms with Crippen LogP contribution in [0.2, 0.25) is 5.02 Å². The predicted molar refractivity (Wildman–Crippen MR) is 129 cm³/mol. The molecule has 2 aliphatic heterocycles. The van der Waals surface area contributed by atoms with Crippen LogP contribution in [0.3, 0.4) is 0 Å². The molecule has 2 aromatic rings. The van der Waals surface area contributed by atoms with Crippen LogP contribution in [0.15, 0.2) is 36.4 Å². The Morgan fingerprint density at radius 2 is 1.75 bits per heavy atom. The molecule has 4 amide bonds. The van der Waals surface area contributed by atoms with Crippen LogP contribution in [0.25, 0.3) is 0 Å². The Bertz CT molecular complexity index is 1290. The summed E-state index contributed by atoms with van der Waals surface area (Å²) in [5.41, 5.74) is -0.948. The minimum absolute atomic E-state index is 0.00651.